The number of anilines is 2. The first-order valence-electron chi connectivity index (χ1n) is 9.25. The Morgan fingerprint density at radius 2 is 1.81 bits per heavy atom. The second-order valence-electron chi connectivity index (χ2n) is 6.63. The molecule has 140 valence electrons. The minimum atomic E-state index is -0.303. The fourth-order valence-electron chi connectivity index (χ4n) is 3.52. The Morgan fingerprint density at radius 1 is 1.04 bits per heavy atom. The van der Waals surface area contributed by atoms with E-state index in [1.807, 2.05) is 24.8 Å². The van der Waals surface area contributed by atoms with Gasteiger partial charge >= 0.3 is 0 Å². The van der Waals surface area contributed by atoms with Gasteiger partial charge < -0.3 is 9.80 Å². The molecule has 0 amide bonds. The minimum absolute atomic E-state index is 0.303. The maximum Gasteiger partial charge on any atom is 0.187 e. The number of pyridine rings is 1. The van der Waals surface area contributed by atoms with Gasteiger partial charge in [-0.15, -0.1) is 0 Å². The molecular formula is C19H22FN7. The summed E-state index contributed by atoms with van der Waals surface area (Å²) in [7, 11) is 0. The van der Waals surface area contributed by atoms with Crippen molar-refractivity contribution in [3.05, 3.63) is 42.1 Å². The first kappa shape index (κ1) is 17.5. The Bertz CT molecular complexity index is 962. The van der Waals surface area contributed by atoms with Gasteiger partial charge in [-0.25, -0.2) is 24.3 Å². The second kappa shape index (κ2) is 7.38. The lowest BCUT2D eigenvalue weighted by Crippen LogP contribution is -2.32. The predicted molar refractivity (Wildman–Crippen MR) is 102 cm³/mol. The molecule has 1 aliphatic heterocycles. The Labute approximate surface area is 157 Å². The average Bonchev–Trinajstić information content (AvgIpc) is 2.93. The molecule has 0 spiro atoms. The van der Waals surface area contributed by atoms with Crippen molar-refractivity contribution in [3.63, 3.8) is 0 Å². The van der Waals surface area contributed by atoms with Crippen molar-refractivity contribution in [2.75, 3.05) is 36.0 Å². The van der Waals surface area contributed by atoms with Crippen LogP contribution in [0.3, 0.4) is 0 Å². The molecule has 0 N–H and O–H groups in total. The Kier molecular flexibility index (Phi) is 4.79. The van der Waals surface area contributed by atoms with Crippen molar-refractivity contribution in [3.8, 4) is 0 Å². The van der Waals surface area contributed by atoms with Crippen molar-refractivity contribution >= 4 is 22.5 Å². The lowest BCUT2D eigenvalue weighted by Gasteiger charge is -2.24. The van der Waals surface area contributed by atoms with Gasteiger partial charge in [0.2, 0.25) is 0 Å². The lowest BCUT2D eigenvalue weighted by atomic mass is 10.2. The van der Waals surface area contributed by atoms with E-state index in [2.05, 4.69) is 29.8 Å². The van der Waals surface area contributed by atoms with Gasteiger partial charge in [-0.05, 0) is 25.8 Å². The minimum Gasteiger partial charge on any atom is -0.354 e. The molecule has 3 aromatic rings. The smallest absolute Gasteiger partial charge is 0.187 e. The van der Waals surface area contributed by atoms with Gasteiger partial charge in [-0.1, -0.05) is 6.92 Å². The van der Waals surface area contributed by atoms with E-state index in [-0.39, 0.29) is 5.82 Å². The zero-order valence-electron chi connectivity index (χ0n) is 15.6. The van der Waals surface area contributed by atoms with Crippen LogP contribution >= 0.6 is 0 Å². The molecule has 1 fully saturated rings. The molecule has 1 saturated heterocycles. The summed E-state index contributed by atoms with van der Waals surface area (Å²) < 4.78 is 14.7. The zero-order valence-corrected chi connectivity index (χ0v) is 15.6. The molecule has 0 bridgehead atoms. The number of hydrogen-bond acceptors (Lipinski definition) is 7. The summed E-state index contributed by atoms with van der Waals surface area (Å²) >= 11 is 0. The summed E-state index contributed by atoms with van der Waals surface area (Å²) in [6, 6.07) is 1.95. The van der Waals surface area contributed by atoms with Crippen molar-refractivity contribution < 1.29 is 4.39 Å². The van der Waals surface area contributed by atoms with E-state index in [0.29, 0.717) is 24.5 Å². The Hall–Kier alpha value is -2.90. The van der Waals surface area contributed by atoms with E-state index in [1.165, 1.54) is 6.33 Å². The van der Waals surface area contributed by atoms with E-state index in [1.54, 1.807) is 12.4 Å². The van der Waals surface area contributed by atoms with Gasteiger partial charge in [-0.2, -0.15) is 0 Å². The third kappa shape index (κ3) is 3.39. The van der Waals surface area contributed by atoms with Crippen LogP contribution in [-0.2, 0) is 6.42 Å². The number of rotatable bonds is 3. The normalized spacial score (nSPS) is 15.2. The molecule has 8 heteroatoms. The summed E-state index contributed by atoms with van der Waals surface area (Å²) in [6.45, 7) is 6.79. The highest BCUT2D eigenvalue weighted by atomic mass is 19.1. The molecule has 0 radical (unpaired) electrons. The first-order valence-corrected chi connectivity index (χ1v) is 9.25. The molecule has 0 unspecified atom stereocenters. The number of fused-ring (bicyclic) bond motifs is 1. The standard InChI is InChI=1S/C19H22FN7/c1-3-15-17(20)19(23-12-22-15)27-8-4-7-26(9-10-27)18-14-5-6-21-11-16(14)24-13(2)25-18/h5-6,11-12H,3-4,7-10H2,1-2H3. The van der Waals surface area contributed by atoms with Crippen molar-refractivity contribution in [2.45, 2.75) is 26.7 Å². The van der Waals surface area contributed by atoms with Crippen LogP contribution < -0.4 is 9.80 Å². The Morgan fingerprint density at radius 3 is 2.59 bits per heavy atom. The van der Waals surface area contributed by atoms with Crippen LogP contribution in [0.2, 0.25) is 0 Å². The van der Waals surface area contributed by atoms with Crippen molar-refractivity contribution in [1.82, 2.24) is 24.9 Å². The van der Waals surface area contributed by atoms with E-state index in [0.717, 1.165) is 48.6 Å². The molecular weight excluding hydrogens is 345 g/mol. The number of hydrogen-bond donors (Lipinski definition) is 0. The van der Waals surface area contributed by atoms with E-state index in [4.69, 9.17) is 0 Å². The summed E-state index contributed by atoms with van der Waals surface area (Å²) in [4.78, 5) is 25.8. The maximum absolute atomic E-state index is 14.7. The third-order valence-electron chi connectivity index (χ3n) is 4.86. The molecule has 27 heavy (non-hydrogen) atoms. The number of aryl methyl sites for hydroxylation is 2. The fraction of sp³-hybridized carbons (Fsp3) is 0.421. The molecule has 0 atom stereocenters. The number of aromatic nitrogens is 5. The highest BCUT2D eigenvalue weighted by molar-refractivity contribution is 5.88. The van der Waals surface area contributed by atoms with Crippen molar-refractivity contribution in [2.24, 2.45) is 0 Å². The van der Waals surface area contributed by atoms with Crippen LogP contribution in [0.25, 0.3) is 10.9 Å². The first-order chi connectivity index (χ1) is 13.2. The third-order valence-corrected chi connectivity index (χ3v) is 4.86. The summed E-state index contributed by atoms with van der Waals surface area (Å²) in [6.07, 6.45) is 6.42. The quantitative estimate of drug-likeness (QED) is 0.704. The highest BCUT2D eigenvalue weighted by Gasteiger charge is 2.22. The van der Waals surface area contributed by atoms with Crippen LogP contribution in [0, 0.1) is 12.7 Å². The molecule has 4 heterocycles. The summed E-state index contributed by atoms with van der Waals surface area (Å²) in [5.41, 5.74) is 1.31. The van der Waals surface area contributed by atoms with Crippen LogP contribution in [-0.4, -0.2) is 51.1 Å². The van der Waals surface area contributed by atoms with Gasteiger partial charge in [-0.3, -0.25) is 4.98 Å². The van der Waals surface area contributed by atoms with E-state index in [9.17, 15) is 4.39 Å². The van der Waals surface area contributed by atoms with Gasteiger partial charge in [0.05, 0.1) is 17.4 Å². The largest absolute Gasteiger partial charge is 0.354 e. The summed E-state index contributed by atoms with van der Waals surface area (Å²) in [5, 5.41) is 0.991. The molecule has 0 saturated carbocycles. The van der Waals surface area contributed by atoms with Gasteiger partial charge in [0, 0.05) is 37.8 Å². The van der Waals surface area contributed by atoms with Gasteiger partial charge in [0.15, 0.2) is 11.6 Å². The highest BCUT2D eigenvalue weighted by Crippen LogP contribution is 2.26. The average molecular weight is 367 g/mol. The van der Waals surface area contributed by atoms with E-state index >= 15 is 0 Å². The van der Waals surface area contributed by atoms with Gasteiger partial charge in [0.1, 0.15) is 18.0 Å². The fourth-order valence-corrected chi connectivity index (χ4v) is 3.52. The van der Waals surface area contributed by atoms with Crippen LogP contribution in [0.5, 0.6) is 0 Å². The number of nitrogens with zero attached hydrogens (tertiary/aromatic N) is 7. The zero-order chi connectivity index (χ0) is 18.8. The number of halogens is 1. The summed E-state index contributed by atoms with van der Waals surface area (Å²) in [5.74, 6) is 1.74. The molecule has 4 rings (SSSR count). The predicted octanol–water partition coefficient (Wildman–Crippen LogP) is 2.54. The topological polar surface area (TPSA) is 70.9 Å². The molecule has 1 aliphatic rings. The maximum atomic E-state index is 14.7. The molecule has 3 aromatic heterocycles. The van der Waals surface area contributed by atoms with Gasteiger partial charge in [0.25, 0.3) is 0 Å². The van der Waals surface area contributed by atoms with E-state index < -0.39 is 0 Å². The van der Waals surface area contributed by atoms with Crippen LogP contribution in [0.1, 0.15) is 24.9 Å². The molecule has 7 nitrogen and oxygen atoms in total. The molecule has 0 aromatic carbocycles. The van der Waals surface area contributed by atoms with Crippen molar-refractivity contribution in [1.29, 1.82) is 0 Å². The SMILES string of the molecule is CCc1ncnc(N2CCCN(c3nc(C)nc4cnccc34)CC2)c1F. The monoisotopic (exact) mass is 367 g/mol. The Balaban J connectivity index is 1.62. The lowest BCUT2D eigenvalue weighted by molar-refractivity contribution is 0.584. The second-order valence-corrected chi connectivity index (χ2v) is 6.63. The van der Waals surface area contributed by atoms with Crippen LogP contribution in [0.4, 0.5) is 16.0 Å². The van der Waals surface area contributed by atoms with Crippen LogP contribution in [0.15, 0.2) is 24.8 Å². The molecule has 0 aliphatic carbocycles.